The molecule has 1 aliphatic carbocycles. The predicted molar refractivity (Wildman–Crippen MR) is 68.7 cm³/mol. The van der Waals surface area contributed by atoms with Gasteiger partial charge in [0.15, 0.2) is 0 Å². The Hall–Kier alpha value is -1.33. The molecule has 1 saturated carbocycles. The van der Waals surface area contributed by atoms with Crippen molar-refractivity contribution >= 4 is 11.5 Å². The van der Waals surface area contributed by atoms with E-state index in [-0.39, 0.29) is 6.61 Å². The van der Waals surface area contributed by atoms with E-state index in [0.29, 0.717) is 11.9 Å². The number of hydrogen-bond acceptors (Lipinski definition) is 5. The number of rotatable bonds is 6. The van der Waals surface area contributed by atoms with Gasteiger partial charge in [-0.25, -0.2) is 10.8 Å². The average Bonchev–Trinajstić information content (AvgIpc) is 2.32. The second kappa shape index (κ2) is 5.84. The van der Waals surface area contributed by atoms with E-state index in [2.05, 4.69) is 15.3 Å². The fourth-order valence-electron chi connectivity index (χ4n) is 2.14. The van der Waals surface area contributed by atoms with Crippen molar-refractivity contribution in [2.45, 2.75) is 31.7 Å². The zero-order chi connectivity index (χ0) is 12.1. The van der Waals surface area contributed by atoms with Crippen molar-refractivity contribution in [2.75, 3.05) is 23.5 Å². The highest BCUT2D eigenvalue weighted by Crippen LogP contribution is 2.30. The van der Waals surface area contributed by atoms with Crippen LogP contribution in [0.15, 0.2) is 18.3 Å². The van der Waals surface area contributed by atoms with E-state index in [9.17, 15) is 0 Å². The van der Waals surface area contributed by atoms with Gasteiger partial charge in [-0.15, -0.1) is 0 Å². The van der Waals surface area contributed by atoms with Crippen LogP contribution in [0.1, 0.15) is 25.7 Å². The third-order valence-corrected chi connectivity index (χ3v) is 3.30. The van der Waals surface area contributed by atoms with Crippen LogP contribution in [0, 0.1) is 0 Å². The number of nitrogen functional groups attached to an aromatic ring is 1. The summed E-state index contributed by atoms with van der Waals surface area (Å²) in [4.78, 5) is 6.46. The molecule has 1 heterocycles. The van der Waals surface area contributed by atoms with Gasteiger partial charge in [-0.2, -0.15) is 0 Å². The second-order valence-electron chi connectivity index (χ2n) is 4.40. The lowest BCUT2D eigenvalue weighted by Gasteiger charge is -2.39. The van der Waals surface area contributed by atoms with Crippen LogP contribution in [0.2, 0.25) is 0 Å². The van der Waals surface area contributed by atoms with Gasteiger partial charge in [0.1, 0.15) is 5.82 Å². The standard InChI is InChI=1S/C12H20N4O/c13-15-12-9-11(5-6-14-12)16(7-2-8-17)10-3-1-4-10/h5-6,9-10,17H,1-4,7-8,13H2,(H,14,15). The number of aliphatic hydroxyl groups excluding tert-OH is 1. The first-order chi connectivity index (χ1) is 8.35. The van der Waals surface area contributed by atoms with Gasteiger partial charge in [0, 0.05) is 37.1 Å². The lowest BCUT2D eigenvalue weighted by Crippen LogP contribution is -2.41. The third-order valence-electron chi connectivity index (χ3n) is 3.30. The Balaban J connectivity index is 2.11. The summed E-state index contributed by atoms with van der Waals surface area (Å²) in [6.07, 6.45) is 6.32. The minimum atomic E-state index is 0.232. The molecule has 5 heteroatoms. The zero-order valence-electron chi connectivity index (χ0n) is 9.97. The molecule has 0 amide bonds. The number of hydrazine groups is 1. The second-order valence-corrected chi connectivity index (χ2v) is 4.40. The molecule has 5 nitrogen and oxygen atoms in total. The Labute approximate surface area is 102 Å². The number of anilines is 2. The van der Waals surface area contributed by atoms with Crippen LogP contribution in [-0.2, 0) is 0 Å². The maximum absolute atomic E-state index is 8.96. The molecule has 0 spiro atoms. The van der Waals surface area contributed by atoms with Crippen molar-refractivity contribution in [3.63, 3.8) is 0 Å². The number of nitrogens with zero attached hydrogens (tertiary/aromatic N) is 2. The minimum Gasteiger partial charge on any atom is -0.396 e. The third kappa shape index (κ3) is 2.87. The highest BCUT2D eigenvalue weighted by molar-refractivity contribution is 5.54. The van der Waals surface area contributed by atoms with Crippen molar-refractivity contribution in [3.05, 3.63) is 18.3 Å². The largest absolute Gasteiger partial charge is 0.396 e. The van der Waals surface area contributed by atoms with E-state index in [1.165, 1.54) is 19.3 Å². The van der Waals surface area contributed by atoms with E-state index in [1.54, 1.807) is 6.20 Å². The normalized spacial score (nSPS) is 15.4. The van der Waals surface area contributed by atoms with E-state index in [4.69, 9.17) is 10.9 Å². The van der Waals surface area contributed by atoms with Crippen LogP contribution in [0.3, 0.4) is 0 Å². The van der Waals surface area contributed by atoms with Crippen LogP contribution in [-0.4, -0.2) is 29.3 Å². The first-order valence-electron chi connectivity index (χ1n) is 6.15. The quantitative estimate of drug-likeness (QED) is 0.509. The molecule has 1 aliphatic rings. The fourth-order valence-corrected chi connectivity index (χ4v) is 2.14. The molecule has 1 aromatic rings. The summed E-state index contributed by atoms with van der Waals surface area (Å²) >= 11 is 0. The van der Waals surface area contributed by atoms with Crippen molar-refractivity contribution in [3.8, 4) is 0 Å². The van der Waals surface area contributed by atoms with Crippen LogP contribution < -0.4 is 16.2 Å². The van der Waals surface area contributed by atoms with Gasteiger partial charge < -0.3 is 15.4 Å². The van der Waals surface area contributed by atoms with E-state index < -0.39 is 0 Å². The van der Waals surface area contributed by atoms with Crippen LogP contribution >= 0.6 is 0 Å². The first kappa shape index (κ1) is 12.1. The zero-order valence-corrected chi connectivity index (χ0v) is 9.97. The first-order valence-corrected chi connectivity index (χ1v) is 6.15. The van der Waals surface area contributed by atoms with Crippen molar-refractivity contribution in [2.24, 2.45) is 5.84 Å². The average molecular weight is 236 g/mol. The molecule has 94 valence electrons. The molecule has 1 fully saturated rings. The van der Waals surface area contributed by atoms with Gasteiger partial charge >= 0.3 is 0 Å². The monoisotopic (exact) mass is 236 g/mol. The van der Waals surface area contributed by atoms with Crippen LogP contribution in [0.5, 0.6) is 0 Å². The molecule has 0 radical (unpaired) electrons. The lowest BCUT2D eigenvalue weighted by molar-refractivity contribution is 0.283. The van der Waals surface area contributed by atoms with E-state index in [0.717, 1.165) is 18.7 Å². The maximum atomic E-state index is 8.96. The van der Waals surface area contributed by atoms with E-state index >= 15 is 0 Å². The van der Waals surface area contributed by atoms with Gasteiger partial charge in [-0.3, -0.25) is 0 Å². The fraction of sp³-hybridized carbons (Fsp3) is 0.583. The number of aromatic nitrogens is 1. The number of hydrogen-bond donors (Lipinski definition) is 3. The Morgan fingerprint density at radius 1 is 1.53 bits per heavy atom. The molecule has 1 aromatic heterocycles. The summed E-state index contributed by atoms with van der Waals surface area (Å²) in [5.41, 5.74) is 3.70. The van der Waals surface area contributed by atoms with Gasteiger partial charge in [-0.05, 0) is 31.7 Å². The summed E-state index contributed by atoms with van der Waals surface area (Å²) in [7, 11) is 0. The molecular weight excluding hydrogens is 216 g/mol. The van der Waals surface area contributed by atoms with Crippen LogP contribution in [0.25, 0.3) is 0 Å². The molecule has 0 unspecified atom stereocenters. The van der Waals surface area contributed by atoms with Gasteiger partial charge in [-0.1, -0.05) is 0 Å². The van der Waals surface area contributed by atoms with Crippen molar-refractivity contribution in [1.82, 2.24) is 4.98 Å². The highest BCUT2D eigenvalue weighted by atomic mass is 16.3. The molecule has 17 heavy (non-hydrogen) atoms. The SMILES string of the molecule is NNc1cc(N(CCCO)C2CCC2)ccn1. The van der Waals surface area contributed by atoms with Gasteiger partial charge in [0.25, 0.3) is 0 Å². The molecule has 4 N–H and O–H groups in total. The van der Waals surface area contributed by atoms with Crippen molar-refractivity contribution in [1.29, 1.82) is 0 Å². The van der Waals surface area contributed by atoms with Gasteiger partial charge in [0.2, 0.25) is 0 Å². The minimum absolute atomic E-state index is 0.232. The summed E-state index contributed by atoms with van der Waals surface area (Å²) in [6, 6.07) is 4.56. The Morgan fingerprint density at radius 3 is 2.94 bits per heavy atom. The molecule has 2 rings (SSSR count). The topological polar surface area (TPSA) is 74.4 Å². The predicted octanol–water partition coefficient (Wildman–Crippen LogP) is 1.11. The van der Waals surface area contributed by atoms with Crippen LogP contribution in [0.4, 0.5) is 11.5 Å². The van der Waals surface area contributed by atoms with Crippen molar-refractivity contribution < 1.29 is 5.11 Å². The Bertz CT molecular complexity index is 354. The summed E-state index contributed by atoms with van der Waals surface area (Å²) in [5.74, 6) is 6.05. The number of pyridine rings is 1. The molecule has 0 saturated heterocycles. The highest BCUT2D eigenvalue weighted by Gasteiger charge is 2.24. The number of nitrogens with two attached hydrogens (primary N) is 1. The lowest BCUT2D eigenvalue weighted by atomic mass is 9.91. The summed E-state index contributed by atoms with van der Waals surface area (Å²) in [5, 5.41) is 8.96. The Morgan fingerprint density at radius 2 is 2.35 bits per heavy atom. The molecule has 0 atom stereocenters. The number of aliphatic hydroxyl groups is 1. The summed E-state index contributed by atoms with van der Waals surface area (Å²) < 4.78 is 0. The smallest absolute Gasteiger partial charge is 0.141 e. The molecule has 0 aliphatic heterocycles. The van der Waals surface area contributed by atoms with E-state index in [1.807, 2.05) is 12.1 Å². The maximum Gasteiger partial charge on any atom is 0.141 e. The Kier molecular flexibility index (Phi) is 4.17. The van der Waals surface area contributed by atoms with Gasteiger partial charge in [0.05, 0.1) is 0 Å². The molecule has 0 aromatic carbocycles. The molecular formula is C12H20N4O. The molecule has 0 bridgehead atoms. The number of nitrogens with one attached hydrogen (secondary N) is 1. The summed E-state index contributed by atoms with van der Waals surface area (Å²) in [6.45, 7) is 1.12.